The Bertz CT molecular complexity index is 625. The fraction of sp³-hybridized carbons (Fsp3) is 0.619. The van der Waals surface area contributed by atoms with Crippen molar-refractivity contribution in [2.75, 3.05) is 25.1 Å². The summed E-state index contributed by atoms with van der Waals surface area (Å²) in [7, 11) is 1.64. The van der Waals surface area contributed by atoms with Crippen LogP contribution in [0.4, 0.5) is 5.69 Å². The summed E-state index contributed by atoms with van der Waals surface area (Å²) in [5.74, 6) is 1.47. The molecule has 3 rings (SSSR count). The van der Waals surface area contributed by atoms with Crippen molar-refractivity contribution in [2.45, 2.75) is 57.9 Å². The molecule has 5 heteroatoms. The molecule has 5 nitrogen and oxygen atoms in total. The first-order valence-electron chi connectivity index (χ1n) is 9.84. The SMILES string of the molecule is COc1ccc(N(C(=O)CN2CCCCCCC2=O)C(C)C2CC2)cc1. The standard InChI is InChI=1S/C21H30N2O3/c1-16(17-8-9-17)23(18-10-12-19(26-2)13-11-18)21(25)15-22-14-6-4-3-5-7-20(22)24/h10-13,16-17H,3-9,14-15H2,1-2H3. The van der Waals surface area contributed by atoms with Crippen molar-refractivity contribution in [1.82, 2.24) is 4.90 Å². The Hall–Kier alpha value is -2.04. The minimum Gasteiger partial charge on any atom is -0.497 e. The normalized spacial score (nSPS) is 19.5. The Labute approximate surface area is 156 Å². The van der Waals surface area contributed by atoms with Gasteiger partial charge in [-0.25, -0.2) is 0 Å². The number of ether oxygens (including phenoxy) is 1. The van der Waals surface area contributed by atoms with Crippen LogP contribution in [0.5, 0.6) is 5.75 Å². The van der Waals surface area contributed by atoms with E-state index in [-0.39, 0.29) is 24.4 Å². The molecular formula is C21H30N2O3. The predicted octanol–water partition coefficient (Wildman–Crippen LogP) is 3.62. The zero-order valence-electron chi connectivity index (χ0n) is 15.9. The quantitative estimate of drug-likeness (QED) is 0.780. The van der Waals surface area contributed by atoms with Gasteiger partial charge < -0.3 is 14.5 Å². The highest BCUT2D eigenvalue weighted by molar-refractivity contribution is 5.97. The van der Waals surface area contributed by atoms with Gasteiger partial charge in [-0.3, -0.25) is 9.59 Å². The van der Waals surface area contributed by atoms with Crippen LogP contribution in [-0.2, 0) is 9.59 Å². The monoisotopic (exact) mass is 358 g/mol. The summed E-state index contributed by atoms with van der Waals surface area (Å²) in [6.45, 7) is 3.00. The summed E-state index contributed by atoms with van der Waals surface area (Å²) >= 11 is 0. The molecule has 0 radical (unpaired) electrons. The van der Waals surface area contributed by atoms with Gasteiger partial charge in [0.1, 0.15) is 12.3 Å². The van der Waals surface area contributed by atoms with Crippen LogP contribution in [0.3, 0.4) is 0 Å². The van der Waals surface area contributed by atoms with E-state index in [0.717, 1.165) is 37.1 Å². The number of carbonyl (C=O) groups is 2. The molecule has 1 atom stereocenters. The molecule has 1 heterocycles. The van der Waals surface area contributed by atoms with Crippen LogP contribution < -0.4 is 9.64 Å². The molecule has 1 aliphatic carbocycles. The van der Waals surface area contributed by atoms with E-state index in [1.807, 2.05) is 29.2 Å². The van der Waals surface area contributed by atoms with Gasteiger partial charge in [0.05, 0.1) is 7.11 Å². The Morgan fingerprint density at radius 1 is 1.19 bits per heavy atom. The third kappa shape index (κ3) is 4.57. The molecule has 2 aliphatic rings. The molecule has 0 bridgehead atoms. The average Bonchev–Trinajstić information content (AvgIpc) is 3.47. The fourth-order valence-corrected chi connectivity index (χ4v) is 3.76. The molecule has 1 saturated carbocycles. The molecule has 2 amide bonds. The molecule has 0 spiro atoms. The molecule has 1 saturated heterocycles. The summed E-state index contributed by atoms with van der Waals surface area (Å²) in [5.41, 5.74) is 0.884. The van der Waals surface area contributed by atoms with Crippen molar-refractivity contribution in [3.05, 3.63) is 24.3 Å². The Morgan fingerprint density at radius 2 is 1.88 bits per heavy atom. The van der Waals surface area contributed by atoms with Gasteiger partial charge >= 0.3 is 0 Å². The van der Waals surface area contributed by atoms with Gasteiger partial charge in [0.15, 0.2) is 0 Å². The van der Waals surface area contributed by atoms with Crippen LogP contribution in [0.1, 0.15) is 51.9 Å². The summed E-state index contributed by atoms with van der Waals surface area (Å²) in [6.07, 6.45) is 7.08. The van der Waals surface area contributed by atoms with Gasteiger partial charge in [0.2, 0.25) is 11.8 Å². The third-order valence-electron chi connectivity index (χ3n) is 5.58. The number of hydrogen-bond donors (Lipinski definition) is 0. The molecule has 0 aromatic heterocycles. The van der Waals surface area contributed by atoms with Gasteiger partial charge in [0, 0.05) is 24.7 Å². The number of nitrogens with zero attached hydrogens (tertiary/aromatic N) is 2. The van der Waals surface area contributed by atoms with Crippen molar-refractivity contribution >= 4 is 17.5 Å². The number of carbonyl (C=O) groups excluding carboxylic acids is 2. The van der Waals surface area contributed by atoms with Gasteiger partial charge in [-0.2, -0.15) is 0 Å². The number of anilines is 1. The van der Waals surface area contributed by atoms with E-state index in [2.05, 4.69) is 6.92 Å². The predicted molar refractivity (Wildman–Crippen MR) is 102 cm³/mol. The number of amides is 2. The van der Waals surface area contributed by atoms with E-state index in [1.54, 1.807) is 12.0 Å². The van der Waals surface area contributed by atoms with E-state index in [0.29, 0.717) is 18.9 Å². The largest absolute Gasteiger partial charge is 0.497 e. The van der Waals surface area contributed by atoms with Crippen LogP contribution in [0.25, 0.3) is 0 Å². The summed E-state index contributed by atoms with van der Waals surface area (Å²) in [5, 5.41) is 0. The van der Waals surface area contributed by atoms with E-state index in [4.69, 9.17) is 4.74 Å². The Morgan fingerprint density at radius 3 is 2.54 bits per heavy atom. The highest BCUT2D eigenvalue weighted by Crippen LogP contribution is 2.37. The number of rotatable bonds is 6. The topological polar surface area (TPSA) is 49.9 Å². The smallest absolute Gasteiger partial charge is 0.246 e. The van der Waals surface area contributed by atoms with E-state index < -0.39 is 0 Å². The second-order valence-corrected chi connectivity index (χ2v) is 7.52. The first kappa shape index (κ1) is 18.7. The maximum absolute atomic E-state index is 13.2. The first-order valence-corrected chi connectivity index (χ1v) is 9.84. The minimum atomic E-state index is 0.0171. The van der Waals surface area contributed by atoms with Crippen molar-refractivity contribution in [2.24, 2.45) is 5.92 Å². The van der Waals surface area contributed by atoms with Crippen molar-refractivity contribution in [3.63, 3.8) is 0 Å². The summed E-state index contributed by atoms with van der Waals surface area (Å²) in [4.78, 5) is 29.2. The number of likely N-dealkylation sites (tertiary alicyclic amines) is 1. The van der Waals surface area contributed by atoms with Crippen LogP contribution in [0, 0.1) is 5.92 Å². The summed E-state index contributed by atoms with van der Waals surface area (Å²) < 4.78 is 5.23. The Kier molecular flexibility index (Phi) is 6.17. The highest BCUT2D eigenvalue weighted by atomic mass is 16.5. The molecular weight excluding hydrogens is 328 g/mol. The number of benzene rings is 1. The number of methoxy groups -OCH3 is 1. The van der Waals surface area contributed by atoms with Gasteiger partial charge in [-0.1, -0.05) is 12.8 Å². The lowest BCUT2D eigenvalue weighted by atomic mass is 10.1. The van der Waals surface area contributed by atoms with Crippen molar-refractivity contribution in [1.29, 1.82) is 0 Å². The van der Waals surface area contributed by atoms with E-state index in [1.165, 1.54) is 12.8 Å². The average molecular weight is 358 g/mol. The second kappa shape index (κ2) is 8.56. The van der Waals surface area contributed by atoms with E-state index in [9.17, 15) is 9.59 Å². The van der Waals surface area contributed by atoms with E-state index >= 15 is 0 Å². The molecule has 2 fully saturated rings. The minimum absolute atomic E-state index is 0.0171. The molecule has 142 valence electrons. The number of hydrogen-bond acceptors (Lipinski definition) is 3. The van der Waals surface area contributed by atoms with Crippen LogP contribution >= 0.6 is 0 Å². The van der Waals surface area contributed by atoms with Gasteiger partial charge in [-0.15, -0.1) is 0 Å². The Balaban J connectivity index is 1.76. The molecule has 26 heavy (non-hydrogen) atoms. The molecule has 0 N–H and O–H groups in total. The maximum atomic E-state index is 13.2. The van der Waals surface area contributed by atoms with Gasteiger partial charge in [0.25, 0.3) is 0 Å². The van der Waals surface area contributed by atoms with Gasteiger partial charge in [-0.05, 0) is 62.8 Å². The second-order valence-electron chi connectivity index (χ2n) is 7.52. The molecule has 1 aromatic rings. The van der Waals surface area contributed by atoms with Crippen LogP contribution in [0.15, 0.2) is 24.3 Å². The maximum Gasteiger partial charge on any atom is 0.246 e. The molecule has 1 aromatic carbocycles. The lowest BCUT2D eigenvalue weighted by Gasteiger charge is -2.33. The molecule has 1 aliphatic heterocycles. The van der Waals surface area contributed by atoms with Crippen LogP contribution in [0.2, 0.25) is 0 Å². The first-order chi connectivity index (χ1) is 12.6. The van der Waals surface area contributed by atoms with Crippen molar-refractivity contribution < 1.29 is 14.3 Å². The fourth-order valence-electron chi connectivity index (χ4n) is 3.76. The summed E-state index contributed by atoms with van der Waals surface area (Å²) in [6, 6.07) is 7.80. The highest BCUT2D eigenvalue weighted by Gasteiger charge is 2.36. The molecule has 1 unspecified atom stereocenters. The van der Waals surface area contributed by atoms with Crippen molar-refractivity contribution in [3.8, 4) is 5.75 Å². The lowest BCUT2D eigenvalue weighted by molar-refractivity contribution is -0.136. The van der Waals surface area contributed by atoms with Crippen LogP contribution in [-0.4, -0.2) is 43.0 Å². The third-order valence-corrected chi connectivity index (χ3v) is 5.58. The zero-order valence-corrected chi connectivity index (χ0v) is 15.9. The lowest BCUT2D eigenvalue weighted by Crippen LogP contribution is -2.47. The zero-order chi connectivity index (χ0) is 18.5.